The number of nitrogens with one attached hydrogen (secondary N) is 2. The van der Waals surface area contributed by atoms with E-state index in [4.69, 9.17) is 11.5 Å². The maximum atomic E-state index is 13.2. The molecule has 1 fully saturated rings. The monoisotopic (exact) mass is 509 g/mol. The normalized spacial score (nSPS) is 16.8. The molecule has 12 nitrogen and oxygen atoms in total. The van der Waals surface area contributed by atoms with Gasteiger partial charge in [0.15, 0.2) is 10.8 Å². The van der Waals surface area contributed by atoms with Crippen molar-refractivity contribution in [2.45, 2.75) is 44.9 Å². The van der Waals surface area contributed by atoms with Crippen LogP contribution in [0.5, 0.6) is 0 Å². The first-order chi connectivity index (χ1) is 17.1. The van der Waals surface area contributed by atoms with Gasteiger partial charge in [0.05, 0.1) is 23.5 Å². The fraction of sp³-hybridized carbons (Fsp3) is 0.435. The molecule has 0 bridgehead atoms. The van der Waals surface area contributed by atoms with Gasteiger partial charge in [0, 0.05) is 36.1 Å². The van der Waals surface area contributed by atoms with Crippen LogP contribution in [0.4, 0.5) is 11.1 Å². The number of nitrogens with two attached hydrogens (primary N) is 2. The summed E-state index contributed by atoms with van der Waals surface area (Å²) < 4.78 is 0. The number of aromatic nitrogens is 5. The Morgan fingerprint density at radius 2 is 2.00 bits per heavy atom. The average molecular weight is 510 g/mol. The van der Waals surface area contributed by atoms with Crippen LogP contribution in [0, 0.1) is 5.92 Å². The summed E-state index contributed by atoms with van der Waals surface area (Å²) in [6.07, 6.45) is 3.62. The summed E-state index contributed by atoms with van der Waals surface area (Å²) in [5.74, 6) is -0.797. The van der Waals surface area contributed by atoms with E-state index in [1.54, 1.807) is 16.5 Å². The number of anilines is 2. The first-order valence-corrected chi connectivity index (χ1v) is 12.5. The summed E-state index contributed by atoms with van der Waals surface area (Å²) in [7, 11) is 0. The number of carbonyl (C=O) groups is 3. The quantitative estimate of drug-likeness (QED) is 0.396. The number of likely N-dealkylation sites (tertiary alicyclic amines) is 1. The van der Waals surface area contributed by atoms with Gasteiger partial charge in [-0.25, -0.2) is 15.0 Å². The van der Waals surface area contributed by atoms with E-state index in [0.29, 0.717) is 54.6 Å². The number of fused-ring (bicyclic) bond motifs is 3. The van der Waals surface area contributed by atoms with Crippen LogP contribution in [0.25, 0.3) is 11.4 Å². The second-order valence-electron chi connectivity index (χ2n) is 9.82. The number of hydrogen-bond donors (Lipinski definition) is 4. The lowest BCUT2D eigenvalue weighted by atomic mass is 9.73. The van der Waals surface area contributed by atoms with E-state index in [1.165, 1.54) is 11.3 Å². The summed E-state index contributed by atoms with van der Waals surface area (Å²) in [6.45, 7) is 5.08. The Bertz CT molecular complexity index is 1350. The third-order valence-electron chi connectivity index (χ3n) is 6.77. The van der Waals surface area contributed by atoms with Crippen molar-refractivity contribution in [2.24, 2.45) is 11.7 Å². The van der Waals surface area contributed by atoms with Crippen molar-refractivity contribution < 1.29 is 14.4 Å². The number of hydrogen-bond acceptors (Lipinski definition) is 9. The van der Waals surface area contributed by atoms with Crippen LogP contribution in [0.1, 0.15) is 54.0 Å². The molecule has 13 heteroatoms. The maximum absolute atomic E-state index is 13.2. The van der Waals surface area contributed by atoms with Gasteiger partial charge in [-0.1, -0.05) is 13.8 Å². The number of aromatic amines is 1. The van der Waals surface area contributed by atoms with Crippen molar-refractivity contribution in [3.63, 3.8) is 0 Å². The van der Waals surface area contributed by atoms with Gasteiger partial charge in [-0.05, 0) is 30.2 Å². The SMILES string of the molecule is CC1(C)Cc2cnc(N)nc2-c2[nH]nc(C(=O)Nc3nc(CC(=O)N4CCC(C(N)=O)CC4)cs3)c21. The number of rotatable bonds is 5. The highest BCUT2D eigenvalue weighted by molar-refractivity contribution is 7.14. The van der Waals surface area contributed by atoms with Gasteiger partial charge in [0.25, 0.3) is 5.91 Å². The third-order valence-corrected chi connectivity index (χ3v) is 7.57. The highest BCUT2D eigenvalue weighted by atomic mass is 32.1. The Balaban J connectivity index is 1.28. The van der Waals surface area contributed by atoms with Crippen LogP contribution >= 0.6 is 11.3 Å². The number of H-pyrrole nitrogens is 1. The lowest BCUT2D eigenvalue weighted by Gasteiger charge is -2.31. The zero-order valence-electron chi connectivity index (χ0n) is 20.0. The number of piperidine rings is 1. The van der Waals surface area contributed by atoms with Gasteiger partial charge in [-0.15, -0.1) is 11.3 Å². The zero-order valence-corrected chi connectivity index (χ0v) is 20.8. The molecule has 6 N–H and O–H groups in total. The molecule has 0 unspecified atom stereocenters. The van der Waals surface area contributed by atoms with Gasteiger partial charge in [0.1, 0.15) is 0 Å². The summed E-state index contributed by atoms with van der Waals surface area (Å²) in [5, 5.41) is 12.2. The Hall–Kier alpha value is -3.87. The molecule has 0 spiro atoms. The molecule has 1 aliphatic heterocycles. The summed E-state index contributed by atoms with van der Waals surface area (Å²) >= 11 is 1.25. The van der Waals surface area contributed by atoms with Crippen molar-refractivity contribution in [1.82, 2.24) is 30.0 Å². The number of amides is 3. The predicted molar refractivity (Wildman–Crippen MR) is 133 cm³/mol. The Morgan fingerprint density at radius 1 is 1.25 bits per heavy atom. The second kappa shape index (κ2) is 8.97. The van der Waals surface area contributed by atoms with Crippen LogP contribution in [-0.4, -0.2) is 60.9 Å². The average Bonchev–Trinajstić information content (AvgIpc) is 3.47. The molecule has 0 radical (unpaired) electrons. The molecule has 5 rings (SSSR count). The lowest BCUT2D eigenvalue weighted by molar-refractivity contribution is -0.134. The predicted octanol–water partition coefficient (Wildman–Crippen LogP) is 1.26. The van der Waals surface area contributed by atoms with Crippen LogP contribution in [-0.2, 0) is 27.8 Å². The zero-order chi connectivity index (χ0) is 25.6. The number of thiazole rings is 1. The molecule has 4 heterocycles. The Morgan fingerprint density at radius 3 is 2.72 bits per heavy atom. The first-order valence-electron chi connectivity index (χ1n) is 11.7. The van der Waals surface area contributed by atoms with Gasteiger partial charge >= 0.3 is 0 Å². The molecular formula is C23H27N9O3S. The molecule has 3 aromatic rings. The van der Waals surface area contributed by atoms with E-state index in [1.807, 2.05) is 13.8 Å². The van der Waals surface area contributed by atoms with Gasteiger partial charge < -0.3 is 16.4 Å². The minimum Gasteiger partial charge on any atom is -0.369 e. The molecule has 0 aromatic carbocycles. The fourth-order valence-electron chi connectivity index (χ4n) is 4.95. The van der Waals surface area contributed by atoms with Crippen molar-refractivity contribution in [3.8, 4) is 11.4 Å². The van der Waals surface area contributed by atoms with Crippen LogP contribution in [0.3, 0.4) is 0 Å². The summed E-state index contributed by atoms with van der Waals surface area (Å²) in [4.78, 5) is 51.8. The molecule has 2 aliphatic rings. The van der Waals surface area contributed by atoms with E-state index in [9.17, 15) is 14.4 Å². The molecule has 188 valence electrons. The van der Waals surface area contributed by atoms with Crippen molar-refractivity contribution in [2.75, 3.05) is 24.1 Å². The number of nitrogens with zero attached hydrogens (tertiary/aromatic N) is 5. The fourth-order valence-corrected chi connectivity index (χ4v) is 5.65. The first kappa shape index (κ1) is 23.9. The topological polar surface area (TPSA) is 186 Å². The Labute approximate surface area is 210 Å². The molecule has 0 saturated carbocycles. The highest BCUT2D eigenvalue weighted by Gasteiger charge is 2.38. The van der Waals surface area contributed by atoms with E-state index in [0.717, 1.165) is 11.1 Å². The summed E-state index contributed by atoms with van der Waals surface area (Å²) in [5.41, 5.74) is 14.6. The Kier molecular flexibility index (Phi) is 5.94. The highest BCUT2D eigenvalue weighted by Crippen LogP contribution is 2.42. The second-order valence-corrected chi connectivity index (χ2v) is 10.7. The van der Waals surface area contributed by atoms with E-state index in [2.05, 4.69) is 30.5 Å². The molecule has 3 aromatic heterocycles. The minimum absolute atomic E-state index is 0.0656. The number of nitrogen functional groups attached to an aromatic ring is 1. The molecule has 36 heavy (non-hydrogen) atoms. The van der Waals surface area contributed by atoms with Crippen LogP contribution in [0.2, 0.25) is 0 Å². The van der Waals surface area contributed by atoms with Gasteiger partial charge in [-0.3, -0.25) is 24.8 Å². The number of carbonyl (C=O) groups excluding carboxylic acids is 3. The van der Waals surface area contributed by atoms with E-state index < -0.39 is 5.91 Å². The van der Waals surface area contributed by atoms with Crippen molar-refractivity contribution in [3.05, 3.63) is 34.1 Å². The smallest absolute Gasteiger partial charge is 0.278 e. The molecular weight excluding hydrogens is 482 g/mol. The van der Waals surface area contributed by atoms with E-state index >= 15 is 0 Å². The van der Waals surface area contributed by atoms with Crippen molar-refractivity contribution in [1.29, 1.82) is 0 Å². The molecule has 1 saturated heterocycles. The minimum atomic E-state index is -0.396. The molecule has 1 aliphatic carbocycles. The standard InChI is InChI=1S/C23H27N9O3S/c1-23(2)8-12-9-26-21(25)28-16(12)17-15(23)18(31-30-17)20(35)29-22-27-13(10-36-22)7-14(33)32-5-3-11(4-6-32)19(24)34/h9-11H,3-8H2,1-2H3,(H2,24,34)(H,30,31)(H2,25,26,28)(H,27,29,35). The molecule has 3 amide bonds. The van der Waals surface area contributed by atoms with Gasteiger partial charge in [0.2, 0.25) is 17.8 Å². The van der Waals surface area contributed by atoms with Crippen LogP contribution in [0.15, 0.2) is 11.6 Å². The van der Waals surface area contributed by atoms with E-state index in [-0.39, 0.29) is 41.2 Å². The van der Waals surface area contributed by atoms with Crippen LogP contribution < -0.4 is 16.8 Å². The lowest BCUT2D eigenvalue weighted by Crippen LogP contribution is -2.42. The summed E-state index contributed by atoms with van der Waals surface area (Å²) in [6, 6.07) is 0. The van der Waals surface area contributed by atoms with Gasteiger partial charge in [-0.2, -0.15) is 5.10 Å². The largest absolute Gasteiger partial charge is 0.369 e. The third kappa shape index (κ3) is 4.41. The number of primary amides is 1. The maximum Gasteiger partial charge on any atom is 0.278 e. The molecule has 0 atom stereocenters. The van der Waals surface area contributed by atoms with Crippen molar-refractivity contribution >= 4 is 40.1 Å².